The van der Waals surface area contributed by atoms with E-state index in [0.717, 1.165) is 4.90 Å². The van der Waals surface area contributed by atoms with Gasteiger partial charge in [0.2, 0.25) is 0 Å². The summed E-state index contributed by atoms with van der Waals surface area (Å²) in [4.78, 5) is 42.7. The van der Waals surface area contributed by atoms with Gasteiger partial charge in [0.05, 0.1) is 16.0 Å². The molecule has 0 saturated carbocycles. The van der Waals surface area contributed by atoms with Gasteiger partial charge >= 0.3 is 5.97 Å². The smallest absolute Gasteiger partial charge is 0.335 e. The molecule has 2 amide bonds. The molecule has 3 rings (SSSR count). The van der Waals surface area contributed by atoms with Crippen molar-refractivity contribution in [1.82, 2.24) is 4.90 Å². The number of carbonyl (C=O) groups is 3. The van der Waals surface area contributed by atoms with Gasteiger partial charge in [0.1, 0.15) is 0 Å². The molecule has 0 saturated heterocycles. The molecule has 0 radical (unpaired) electrons. The first-order valence-corrected chi connectivity index (χ1v) is 8.48. The number of benzene rings is 1. The van der Waals surface area contributed by atoms with Gasteiger partial charge in [-0.05, 0) is 30.0 Å². The molecule has 2 heterocycles. The quantitative estimate of drug-likeness (QED) is 0.280. The fourth-order valence-corrected chi connectivity index (χ4v) is 3.06. The lowest BCUT2D eigenvalue weighted by Gasteiger charge is -2.12. The van der Waals surface area contributed by atoms with Crippen LogP contribution in [0.25, 0.3) is 0 Å². The molecule has 1 aliphatic heterocycles. The number of hydrogen-bond acceptors (Lipinski definition) is 6. The van der Waals surface area contributed by atoms with Gasteiger partial charge in [0.15, 0.2) is 5.84 Å². The van der Waals surface area contributed by atoms with Gasteiger partial charge in [0, 0.05) is 13.0 Å². The zero-order valence-corrected chi connectivity index (χ0v) is 14.0. The van der Waals surface area contributed by atoms with Crippen LogP contribution in [0.3, 0.4) is 0 Å². The zero-order chi connectivity index (χ0) is 17.8. The van der Waals surface area contributed by atoms with Crippen molar-refractivity contribution in [3.8, 4) is 0 Å². The van der Waals surface area contributed by atoms with Crippen LogP contribution in [0.1, 0.15) is 38.4 Å². The maximum absolute atomic E-state index is 12.2. The molecule has 0 atom stereocenters. The lowest BCUT2D eigenvalue weighted by Crippen LogP contribution is -2.31. The average Bonchev–Trinajstić information content (AvgIpc) is 3.23. The monoisotopic (exact) mass is 357 g/mol. The molecule has 0 spiro atoms. The van der Waals surface area contributed by atoms with Crippen LogP contribution in [0, 0.1) is 0 Å². The summed E-state index contributed by atoms with van der Waals surface area (Å²) in [6.07, 6.45) is 0.313. The fourth-order valence-electron chi connectivity index (χ4n) is 2.44. The SMILES string of the molecule is N/C(=N/OC(=O)CCCN1C(=O)c2ccccc2C1=O)c1cccs1. The highest BCUT2D eigenvalue weighted by Crippen LogP contribution is 2.22. The maximum atomic E-state index is 12.2. The minimum atomic E-state index is -0.573. The summed E-state index contributed by atoms with van der Waals surface area (Å²) >= 11 is 1.38. The molecule has 2 aromatic rings. The van der Waals surface area contributed by atoms with Crippen LogP contribution in [0.4, 0.5) is 0 Å². The van der Waals surface area contributed by atoms with Gasteiger partial charge in [0.25, 0.3) is 11.8 Å². The lowest BCUT2D eigenvalue weighted by atomic mass is 10.1. The van der Waals surface area contributed by atoms with E-state index in [1.54, 1.807) is 30.3 Å². The second kappa shape index (κ2) is 7.27. The molecule has 8 heteroatoms. The van der Waals surface area contributed by atoms with E-state index in [9.17, 15) is 14.4 Å². The summed E-state index contributed by atoms with van der Waals surface area (Å²) in [6.45, 7) is 0.144. The highest BCUT2D eigenvalue weighted by molar-refractivity contribution is 7.12. The Balaban J connectivity index is 1.49. The third-order valence-electron chi connectivity index (χ3n) is 3.66. The number of nitrogens with two attached hydrogens (primary N) is 1. The fraction of sp³-hybridized carbons (Fsp3) is 0.176. The topological polar surface area (TPSA) is 102 Å². The van der Waals surface area contributed by atoms with E-state index in [1.165, 1.54) is 11.3 Å². The van der Waals surface area contributed by atoms with Crippen LogP contribution in [0.5, 0.6) is 0 Å². The van der Waals surface area contributed by atoms with E-state index >= 15 is 0 Å². The number of nitrogens with zero attached hydrogens (tertiary/aromatic N) is 2. The van der Waals surface area contributed by atoms with E-state index in [1.807, 2.05) is 11.4 Å². The Morgan fingerprint density at radius 3 is 2.40 bits per heavy atom. The summed E-state index contributed by atoms with van der Waals surface area (Å²) in [5.41, 5.74) is 6.47. The van der Waals surface area contributed by atoms with E-state index in [-0.39, 0.29) is 30.6 Å². The van der Waals surface area contributed by atoms with Crippen molar-refractivity contribution >= 4 is 35.0 Å². The van der Waals surface area contributed by atoms with Crippen molar-refractivity contribution in [2.24, 2.45) is 10.9 Å². The molecule has 0 unspecified atom stereocenters. The number of amidine groups is 1. The van der Waals surface area contributed by atoms with Crippen LogP contribution in [-0.4, -0.2) is 35.1 Å². The van der Waals surface area contributed by atoms with Crippen LogP contribution in [0.2, 0.25) is 0 Å². The molecule has 1 aromatic heterocycles. The molecule has 7 nitrogen and oxygen atoms in total. The normalized spacial score (nSPS) is 13.9. The molecule has 1 aliphatic rings. The third kappa shape index (κ3) is 3.58. The summed E-state index contributed by atoms with van der Waals surface area (Å²) in [6, 6.07) is 10.2. The molecule has 2 N–H and O–H groups in total. The van der Waals surface area contributed by atoms with Crippen molar-refractivity contribution < 1.29 is 19.2 Å². The number of imide groups is 1. The van der Waals surface area contributed by atoms with Gasteiger partial charge in [-0.25, -0.2) is 4.79 Å². The minimum absolute atomic E-state index is 0.0224. The Labute approximate surface area is 147 Å². The van der Waals surface area contributed by atoms with Gasteiger partial charge in [-0.3, -0.25) is 14.5 Å². The number of carbonyl (C=O) groups excluding carboxylic acids is 3. The van der Waals surface area contributed by atoms with E-state index < -0.39 is 5.97 Å². The number of fused-ring (bicyclic) bond motifs is 1. The van der Waals surface area contributed by atoms with Crippen molar-refractivity contribution in [1.29, 1.82) is 0 Å². The molecular formula is C17H15N3O4S. The predicted molar refractivity (Wildman–Crippen MR) is 92.2 cm³/mol. The second-order valence-corrected chi connectivity index (χ2v) is 6.28. The summed E-state index contributed by atoms with van der Waals surface area (Å²) in [5.74, 6) is -1.12. The Bertz CT molecular complexity index is 810. The predicted octanol–water partition coefficient (Wildman–Crippen LogP) is 1.99. The largest absolute Gasteiger partial charge is 0.380 e. The second-order valence-electron chi connectivity index (χ2n) is 5.33. The maximum Gasteiger partial charge on any atom is 0.335 e. The highest BCUT2D eigenvalue weighted by atomic mass is 32.1. The summed E-state index contributed by atoms with van der Waals surface area (Å²) in [7, 11) is 0. The standard InChI is InChI=1S/C17H15N3O4S/c18-15(13-7-4-10-25-13)19-24-14(21)8-3-9-20-16(22)11-5-1-2-6-12(11)17(20)23/h1-2,4-7,10H,3,8-9H2,(H2,18,19). The molecule has 1 aromatic carbocycles. The van der Waals surface area contributed by atoms with Crippen molar-refractivity contribution in [3.05, 3.63) is 57.8 Å². The Hall–Kier alpha value is -3.00. The number of amides is 2. The van der Waals surface area contributed by atoms with Crippen molar-refractivity contribution in [2.45, 2.75) is 12.8 Å². The summed E-state index contributed by atoms with van der Waals surface area (Å²) < 4.78 is 0. The third-order valence-corrected chi connectivity index (χ3v) is 4.55. The van der Waals surface area contributed by atoms with Crippen molar-refractivity contribution in [2.75, 3.05) is 6.54 Å². The molecule has 0 bridgehead atoms. The zero-order valence-electron chi connectivity index (χ0n) is 13.2. The first kappa shape index (κ1) is 16.8. The highest BCUT2D eigenvalue weighted by Gasteiger charge is 2.34. The Kier molecular flexibility index (Phi) is 4.90. The number of thiophene rings is 1. The van der Waals surface area contributed by atoms with Crippen LogP contribution >= 0.6 is 11.3 Å². The average molecular weight is 357 g/mol. The summed E-state index contributed by atoms with van der Waals surface area (Å²) in [5, 5.41) is 5.42. The van der Waals surface area contributed by atoms with Crippen molar-refractivity contribution in [3.63, 3.8) is 0 Å². The molecular weight excluding hydrogens is 342 g/mol. The molecule has 128 valence electrons. The van der Waals surface area contributed by atoms with Crippen LogP contribution < -0.4 is 5.73 Å². The Morgan fingerprint density at radius 2 is 1.80 bits per heavy atom. The first-order valence-electron chi connectivity index (χ1n) is 7.60. The molecule has 25 heavy (non-hydrogen) atoms. The minimum Gasteiger partial charge on any atom is -0.380 e. The lowest BCUT2D eigenvalue weighted by molar-refractivity contribution is -0.143. The van der Waals surface area contributed by atoms with E-state index in [4.69, 9.17) is 10.6 Å². The number of rotatable bonds is 6. The van der Waals surface area contributed by atoms with E-state index in [2.05, 4.69) is 5.16 Å². The van der Waals surface area contributed by atoms with Gasteiger partial charge in [-0.1, -0.05) is 23.4 Å². The molecule has 0 aliphatic carbocycles. The van der Waals surface area contributed by atoms with Gasteiger partial charge < -0.3 is 10.6 Å². The van der Waals surface area contributed by atoms with Gasteiger partial charge in [-0.2, -0.15) is 0 Å². The Morgan fingerprint density at radius 1 is 1.12 bits per heavy atom. The van der Waals surface area contributed by atoms with Crippen LogP contribution in [0.15, 0.2) is 46.9 Å². The number of hydrogen-bond donors (Lipinski definition) is 1. The van der Waals surface area contributed by atoms with Gasteiger partial charge in [-0.15, -0.1) is 11.3 Å². The molecule has 0 fully saturated rings. The van der Waals surface area contributed by atoms with E-state index in [0.29, 0.717) is 22.4 Å². The first-order chi connectivity index (χ1) is 12.1. The van der Waals surface area contributed by atoms with Crippen LogP contribution in [-0.2, 0) is 9.63 Å². The number of oxime groups is 1.